The Hall–Kier alpha value is -1.50. The van der Waals surface area contributed by atoms with Gasteiger partial charge in [0.25, 0.3) is 0 Å². The predicted octanol–water partition coefficient (Wildman–Crippen LogP) is -4.72. The van der Waals surface area contributed by atoms with Gasteiger partial charge in [-0.15, -0.1) is 0 Å². The number of nitrogens with zero attached hydrogens (tertiary/aromatic N) is 1. The third kappa shape index (κ3) is 5.57. The monoisotopic (exact) mass is 335 g/mol. The van der Waals surface area contributed by atoms with Crippen LogP contribution < -0.4 is 22.5 Å². The second-order valence-electron chi connectivity index (χ2n) is 5.32. The molecule has 1 rings (SSSR count). The van der Waals surface area contributed by atoms with Crippen molar-refractivity contribution < 1.29 is 30.0 Å². The minimum atomic E-state index is -1.58. The van der Waals surface area contributed by atoms with E-state index in [2.05, 4.69) is 10.3 Å². The van der Waals surface area contributed by atoms with Crippen molar-refractivity contribution in [3.63, 3.8) is 0 Å². The van der Waals surface area contributed by atoms with Crippen LogP contribution >= 0.6 is 0 Å². The quantitative estimate of drug-likeness (QED) is 0.127. The number of aliphatic imine (C=N–C) groups is 1. The lowest BCUT2D eigenvalue weighted by molar-refractivity contribution is -0.253. The first-order chi connectivity index (χ1) is 10.8. The van der Waals surface area contributed by atoms with Crippen molar-refractivity contribution in [3.05, 3.63) is 0 Å². The summed E-state index contributed by atoms with van der Waals surface area (Å²) in [6.07, 6.45) is -4.93. The molecule has 11 heteroatoms. The number of aliphatic hydroxyl groups excluding tert-OH is 4. The van der Waals surface area contributed by atoms with Gasteiger partial charge in [-0.2, -0.15) is 0 Å². The van der Waals surface area contributed by atoms with E-state index in [0.29, 0.717) is 13.0 Å². The smallest absolute Gasteiger partial charge is 0.237 e. The van der Waals surface area contributed by atoms with Gasteiger partial charge in [-0.1, -0.05) is 0 Å². The SMILES string of the molecule is NC(N)=NCCC[C@H](N)C(=O)N[C@@H]1[C@@H](O)[C@H](O)[C@@H](CO)O[C@H]1O. The Balaban J connectivity index is 2.50. The van der Waals surface area contributed by atoms with Crippen molar-refractivity contribution in [1.82, 2.24) is 5.32 Å². The highest BCUT2D eigenvalue weighted by molar-refractivity contribution is 5.81. The molecule has 1 saturated heterocycles. The van der Waals surface area contributed by atoms with Crippen LogP contribution in [0.2, 0.25) is 0 Å². The molecule has 1 amide bonds. The highest BCUT2D eigenvalue weighted by Crippen LogP contribution is 2.19. The summed E-state index contributed by atoms with van der Waals surface area (Å²) in [5.74, 6) is -0.683. The summed E-state index contributed by atoms with van der Waals surface area (Å²) in [5, 5.41) is 40.7. The van der Waals surface area contributed by atoms with Gasteiger partial charge in [-0.05, 0) is 12.8 Å². The number of aliphatic hydroxyl groups is 4. The van der Waals surface area contributed by atoms with Crippen molar-refractivity contribution in [2.24, 2.45) is 22.2 Å². The molecule has 6 atom stereocenters. The fourth-order valence-electron chi connectivity index (χ4n) is 2.17. The largest absolute Gasteiger partial charge is 0.394 e. The molecule has 1 heterocycles. The molecule has 23 heavy (non-hydrogen) atoms. The molecule has 0 unspecified atom stereocenters. The zero-order valence-corrected chi connectivity index (χ0v) is 12.6. The lowest BCUT2D eigenvalue weighted by atomic mass is 9.96. The number of nitrogens with one attached hydrogen (secondary N) is 1. The summed E-state index contributed by atoms with van der Waals surface area (Å²) >= 11 is 0. The van der Waals surface area contributed by atoms with E-state index < -0.39 is 49.2 Å². The van der Waals surface area contributed by atoms with Crippen molar-refractivity contribution in [2.75, 3.05) is 13.2 Å². The Morgan fingerprint density at radius 3 is 2.48 bits per heavy atom. The number of hydrogen-bond acceptors (Lipinski definition) is 8. The molecule has 1 fully saturated rings. The fourth-order valence-corrected chi connectivity index (χ4v) is 2.17. The van der Waals surface area contributed by atoms with Gasteiger partial charge in [0.05, 0.1) is 12.6 Å². The topological polar surface area (TPSA) is 210 Å². The van der Waals surface area contributed by atoms with Crippen LogP contribution in [0, 0.1) is 0 Å². The maximum absolute atomic E-state index is 12.0. The molecule has 0 radical (unpaired) electrons. The van der Waals surface area contributed by atoms with Crippen molar-refractivity contribution in [3.8, 4) is 0 Å². The van der Waals surface area contributed by atoms with Crippen LogP contribution in [0.3, 0.4) is 0 Å². The van der Waals surface area contributed by atoms with E-state index in [1.54, 1.807) is 0 Å². The molecule has 0 bridgehead atoms. The van der Waals surface area contributed by atoms with Crippen LogP contribution in [0.15, 0.2) is 4.99 Å². The molecule has 0 aromatic heterocycles. The molecule has 0 aliphatic carbocycles. The van der Waals surface area contributed by atoms with E-state index in [1.165, 1.54) is 0 Å². The molecule has 0 spiro atoms. The van der Waals surface area contributed by atoms with Gasteiger partial charge in [-0.25, -0.2) is 0 Å². The molecule has 11 N–H and O–H groups in total. The molecule has 0 aromatic rings. The molecule has 0 saturated carbocycles. The van der Waals surface area contributed by atoms with Crippen LogP contribution in [-0.2, 0) is 9.53 Å². The Morgan fingerprint density at radius 2 is 1.91 bits per heavy atom. The summed E-state index contributed by atoms with van der Waals surface area (Å²) in [5.41, 5.74) is 16.0. The average molecular weight is 335 g/mol. The number of carbonyl (C=O) groups is 1. The van der Waals surface area contributed by atoms with E-state index >= 15 is 0 Å². The lowest BCUT2D eigenvalue weighted by Crippen LogP contribution is -2.65. The highest BCUT2D eigenvalue weighted by atomic mass is 16.6. The van der Waals surface area contributed by atoms with Crippen molar-refractivity contribution >= 4 is 11.9 Å². The van der Waals surface area contributed by atoms with Gasteiger partial charge < -0.3 is 47.7 Å². The third-order valence-electron chi connectivity index (χ3n) is 3.51. The summed E-state index contributed by atoms with van der Waals surface area (Å²) in [7, 11) is 0. The Morgan fingerprint density at radius 1 is 1.26 bits per heavy atom. The zero-order valence-electron chi connectivity index (χ0n) is 12.6. The highest BCUT2D eigenvalue weighted by Gasteiger charge is 2.44. The van der Waals surface area contributed by atoms with Crippen LogP contribution in [0.1, 0.15) is 12.8 Å². The zero-order chi connectivity index (χ0) is 17.6. The summed E-state index contributed by atoms with van der Waals surface area (Å²) in [4.78, 5) is 15.7. The first kappa shape index (κ1) is 19.5. The molecule has 1 aliphatic heterocycles. The number of rotatable bonds is 7. The molecular formula is C12H25N5O6. The summed E-state index contributed by atoms with van der Waals surface area (Å²) < 4.78 is 4.93. The second kappa shape index (κ2) is 8.96. The lowest BCUT2D eigenvalue weighted by Gasteiger charge is -2.40. The van der Waals surface area contributed by atoms with Gasteiger partial charge >= 0.3 is 0 Å². The van der Waals surface area contributed by atoms with E-state index in [-0.39, 0.29) is 12.4 Å². The van der Waals surface area contributed by atoms with E-state index in [1.807, 2.05) is 0 Å². The summed E-state index contributed by atoms with van der Waals surface area (Å²) in [6.45, 7) is -0.266. The maximum atomic E-state index is 12.0. The number of amides is 1. The van der Waals surface area contributed by atoms with Crippen molar-refractivity contribution in [2.45, 2.75) is 49.5 Å². The number of carbonyl (C=O) groups excluding carboxylic acids is 1. The van der Waals surface area contributed by atoms with Crippen molar-refractivity contribution in [1.29, 1.82) is 0 Å². The van der Waals surface area contributed by atoms with Crippen LogP contribution in [0.5, 0.6) is 0 Å². The molecule has 1 aliphatic rings. The number of nitrogens with two attached hydrogens (primary N) is 3. The van der Waals surface area contributed by atoms with Gasteiger partial charge in [-0.3, -0.25) is 9.79 Å². The van der Waals surface area contributed by atoms with E-state index in [4.69, 9.17) is 27.0 Å². The van der Waals surface area contributed by atoms with Gasteiger partial charge in [0.2, 0.25) is 5.91 Å². The van der Waals surface area contributed by atoms with Gasteiger partial charge in [0, 0.05) is 6.54 Å². The molecule has 11 nitrogen and oxygen atoms in total. The standard InChI is InChI=1S/C12H25N5O6/c13-5(2-1-3-16-12(14)15)10(21)17-7-9(20)8(19)6(4-18)23-11(7)22/h5-9,11,18-20,22H,1-4,13H2,(H,17,21)(H4,14,15,16)/t5-,6+,7+,8+,9+,11+/m0/s1. The van der Waals surface area contributed by atoms with E-state index in [0.717, 1.165) is 0 Å². The maximum Gasteiger partial charge on any atom is 0.237 e. The minimum absolute atomic E-state index is 0.0546. The normalized spacial score (nSPS) is 32.1. The van der Waals surface area contributed by atoms with Crippen LogP contribution in [-0.4, -0.2) is 82.1 Å². The minimum Gasteiger partial charge on any atom is -0.394 e. The first-order valence-corrected chi connectivity index (χ1v) is 7.19. The van der Waals surface area contributed by atoms with E-state index in [9.17, 15) is 20.1 Å². The number of hydrogen-bond donors (Lipinski definition) is 8. The summed E-state index contributed by atoms with van der Waals surface area (Å²) in [6, 6.07) is -2.17. The molecule has 0 aromatic carbocycles. The predicted molar refractivity (Wildman–Crippen MR) is 79.8 cm³/mol. The average Bonchev–Trinajstić information content (AvgIpc) is 2.50. The Bertz CT molecular complexity index is 419. The third-order valence-corrected chi connectivity index (χ3v) is 3.51. The van der Waals surface area contributed by atoms with Crippen LogP contribution in [0.25, 0.3) is 0 Å². The molecule has 134 valence electrons. The number of guanidine groups is 1. The number of ether oxygens (including phenoxy) is 1. The fraction of sp³-hybridized carbons (Fsp3) is 0.833. The Labute approximate surface area is 133 Å². The second-order valence-corrected chi connectivity index (χ2v) is 5.32. The van der Waals surface area contributed by atoms with Gasteiger partial charge in [0.1, 0.15) is 24.4 Å². The Kier molecular flexibility index (Phi) is 7.61. The molecular weight excluding hydrogens is 310 g/mol. The first-order valence-electron chi connectivity index (χ1n) is 7.19. The van der Waals surface area contributed by atoms with Gasteiger partial charge in [0.15, 0.2) is 12.2 Å². The van der Waals surface area contributed by atoms with Crippen LogP contribution in [0.4, 0.5) is 0 Å².